The third kappa shape index (κ3) is 14.7. The largest absolute Gasteiger partial charge is 0.460 e. The van der Waals surface area contributed by atoms with E-state index in [1.165, 1.54) is 11.2 Å². The standard InChI is InChI=1S/C53H81N5O11.CH4/c1-32-17-13-12-14-18-33(2)45(65-9)29-41-22-20-38(7)53(64,69-41)50(61)51(62)57-24-16-15-19-43(57)52(63)68-46(36(5)27-40-21-23-42(47(28-40)66-10)58-55-31-54-56-58)30-44(59)35(4)26-34(3)39(8)49(67-11)48(60)37(6)25-32;/h12-14,17-18,26,31-32,35-43,45-47,49,64H,15-16,19-25,27-30H2,1-11H3;1H4/b14-12?,17-13+,33-18?,34-26+;/t32-,35-,36-,37-,38-,39-,40+,41?,42+,43?,45+,46+,47-,49-,53-;/m1./s1. The molecular weight excluding hydrogens is 895 g/mol. The third-order valence-corrected chi connectivity index (χ3v) is 15.6. The molecule has 2 unspecified atom stereocenters. The summed E-state index contributed by atoms with van der Waals surface area (Å²) in [5.41, 5.74) is 1.74. The SMILES string of the molecule is C.CO[C@H]1CC2CC[C@@H](C)[C@@](O)(O2)C(=O)C(=O)N2CCCCC2C(=O)O[C@H]([C@H](C)C[C@@H]2CC[C@H](n3ncnn3)[C@H](OC)C2)CC(=O)[C@H](C)/C=C(\C)[C@@H](C)[C@@H](OC)C(=O)[C@H](C)C[C@H](C)/C=C/C=CC=C1C. The van der Waals surface area contributed by atoms with Gasteiger partial charge in [0.05, 0.1) is 24.4 Å². The fourth-order valence-corrected chi connectivity index (χ4v) is 10.9. The van der Waals surface area contributed by atoms with Gasteiger partial charge in [-0.25, -0.2) is 4.79 Å². The van der Waals surface area contributed by atoms with Crippen molar-refractivity contribution in [1.29, 1.82) is 0 Å². The predicted molar refractivity (Wildman–Crippen MR) is 266 cm³/mol. The summed E-state index contributed by atoms with van der Waals surface area (Å²) in [6, 6.07) is -1.19. The molecule has 16 heteroatoms. The highest BCUT2D eigenvalue weighted by molar-refractivity contribution is 6.39. The number of hydrogen-bond acceptors (Lipinski definition) is 14. The fraction of sp³-hybridized carbons (Fsp3) is 0.741. The number of aromatic nitrogens is 4. The molecule has 4 heterocycles. The van der Waals surface area contributed by atoms with Crippen molar-refractivity contribution in [2.24, 2.45) is 41.4 Å². The summed E-state index contributed by atoms with van der Waals surface area (Å²) in [5.74, 6) is -7.29. The van der Waals surface area contributed by atoms with E-state index >= 15 is 0 Å². The Morgan fingerprint density at radius 1 is 0.871 bits per heavy atom. The molecule has 1 aromatic heterocycles. The quantitative estimate of drug-likeness (QED) is 0.157. The Hall–Kier alpha value is -4.22. The zero-order chi connectivity index (χ0) is 50.6. The summed E-state index contributed by atoms with van der Waals surface area (Å²) in [4.78, 5) is 74.2. The van der Waals surface area contributed by atoms with Gasteiger partial charge in [-0.05, 0) is 107 Å². The van der Waals surface area contributed by atoms with Crippen molar-refractivity contribution in [1.82, 2.24) is 25.1 Å². The molecule has 0 spiro atoms. The van der Waals surface area contributed by atoms with Crippen LogP contribution in [0.3, 0.4) is 0 Å². The Labute approximate surface area is 417 Å². The van der Waals surface area contributed by atoms with Crippen LogP contribution in [0.2, 0.25) is 0 Å². The van der Waals surface area contributed by atoms with E-state index in [0.717, 1.165) is 24.0 Å². The van der Waals surface area contributed by atoms with Crippen LogP contribution in [-0.4, -0.2) is 130 Å². The first-order valence-corrected chi connectivity index (χ1v) is 25.4. The lowest BCUT2D eigenvalue weighted by atomic mass is 9.77. The van der Waals surface area contributed by atoms with Crippen LogP contribution in [0.4, 0.5) is 0 Å². The van der Waals surface area contributed by atoms with Gasteiger partial charge in [0.15, 0.2) is 12.1 Å². The number of esters is 1. The normalized spacial score (nSPS) is 37.0. The zero-order valence-electron chi connectivity index (χ0n) is 43.1. The molecule has 1 N–H and O–H groups in total. The van der Waals surface area contributed by atoms with E-state index in [2.05, 4.69) is 28.4 Å². The van der Waals surface area contributed by atoms with Crippen LogP contribution in [0.5, 0.6) is 0 Å². The average Bonchev–Trinajstić information content (AvgIpc) is 3.88. The van der Waals surface area contributed by atoms with Gasteiger partial charge < -0.3 is 33.7 Å². The minimum absolute atomic E-state index is 0. The van der Waals surface area contributed by atoms with Crippen LogP contribution in [0, 0.1) is 41.4 Å². The van der Waals surface area contributed by atoms with Crippen molar-refractivity contribution in [3.63, 3.8) is 0 Å². The van der Waals surface area contributed by atoms with Crippen molar-refractivity contribution in [2.45, 2.75) is 188 Å². The number of nitrogens with zero attached hydrogens (tertiary/aromatic N) is 5. The molecule has 0 aromatic carbocycles. The molecule has 0 radical (unpaired) electrons. The molecule has 3 aliphatic heterocycles. The molecule has 392 valence electrons. The Morgan fingerprint density at radius 3 is 2.29 bits per heavy atom. The van der Waals surface area contributed by atoms with E-state index < -0.39 is 65.7 Å². The number of hydrogen-bond donors (Lipinski definition) is 1. The highest BCUT2D eigenvalue weighted by Crippen LogP contribution is 2.39. The number of piperidine rings is 1. The molecule has 2 saturated heterocycles. The highest BCUT2D eigenvalue weighted by atomic mass is 16.6. The van der Waals surface area contributed by atoms with Crippen molar-refractivity contribution < 1.29 is 52.8 Å². The number of allylic oxidation sites excluding steroid dienone is 6. The van der Waals surface area contributed by atoms with Crippen LogP contribution in [-0.2, 0) is 47.7 Å². The van der Waals surface area contributed by atoms with Crippen LogP contribution in [0.25, 0.3) is 0 Å². The first kappa shape index (κ1) is 58.4. The van der Waals surface area contributed by atoms with Crippen LogP contribution < -0.4 is 0 Å². The lowest BCUT2D eigenvalue weighted by Gasteiger charge is -2.42. The number of carbonyl (C=O) groups is 5. The summed E-state index contributed by atoms with van der Waals surface area (Å²) < 4.78 is 30.2. The van der Waals surface area contributed by atoms with E-state index in [4.69, 9.17) is 23.7 Å². The van der Waals surface area contributed by atoms with Gasteiger partial charge in [0.25, 0.3) is 11.7 Å². The maximum atomic E-state index is 14.5. The van der Waals surface area contributed by atoms with E-state index in [1.807, 2.05) is 71.9 Å². The van der Waals surface area contributed by atoms with Crippen LogP contribution in [0.15, 0.2) is 53.9 Å². The highest BCUT2D eigenvalue weighted by Gasteiger charge is 2.53. The predicted octanol–water partition coefficient (Wildman–Crippen LogP) is 7.96. The second-order valence-electron chi connectivity index (χ2n) is 20.7. The number of methoxy groups -OCH3 is 3. The second-order valence-corrected chi connectivity index (χ2v) is 20.7. The molecule has 15 atom stereocenters. The van der Waals surface area contributed by atoms with Gasteiger partial charge >= 0.3 is 5.97 Å². The van der Waals surface area contributed by atoms with Crippen molar-refractivity contribution >= 4 is 29.2 Å². The Bertz CT molecular complexity index is 2020. The number of fused-ring (bicyclic) bond motifs is 3. The number of rotatable bonds is 7. The average molecular weight is 980 g/mol. The van der Waals surface area contributed by atoms with Crippen LogP contribution in [0.1, 0.15) is 146 Å². The molecule has 1 saturated carbocycles. The number of ketones is 3. The zero-order valence-corrected chi connectivity index (χ0v) is 43.1. The fourth-order valence-electron chi connectivity index (χ4n) is 10.9. The lowest BCUT2D eigenvalue weighted by Crippen LogP contribution is -2.61. The first-order chi connectivity index (χ1) is 32.8. The first-order valence-electron chi connectivity index (χ1n) is 25.4. The van der Waals surface area contributed by atoms with E-state index in [-0.39, 0.29) is 80.1 Å². The monoisotopic (exact) mass is 980 g/mol. The molecule has 2 bridgehead atoms. The Balaban J connectivity index is 0.0000107. The number of amides is 1. The summed E-state index contributed by atoms with van der Waals surface area (Å²) in [6.45, 7) is 15.4. The maximum absolute atomic E-state index is 14.5. The number of ether oxygens (including phenoxy) is 5. The topological polar surface area (TPSA) is 199 Å². The number of Topliss-reactive ketones (excluding diaryl/α,β-unsaturated/α-hetero) is 3. The summed E-state index contributed by atoms with van der Waals surface area (Å²) in [5, 5.41) is 24.3. The molecule has 4 aliphatic rings. The van der Waals surface area contributed by atoms with Gasteiger partial charge in [-0.2, -0.15) is 4.80 Å². The minimum Gasteiger partial charge on any atom is -0.460 e. The van der Waals surface area contributed by atoms with Crippen molar-refractivity contribution in [3.8, 4) is 0 Å². The minimum atomic E-state index is -2.41. The van der Waals surface area contributed by atoms with Gasteiger partial charge in [0.1, 0.15) is 24.0 Å². The number of carbonyl (C=O) groups excluding carboxylic acids is 5. The Morgan fingerprint density at radius 2 is 1.61 bits per heavy atom. The lowest BCUT2D eigenvalue weighted by molar-refractivity contribution is -0.265. The van der Waals surface area contributed by atoms with Gasteiger partial charge in [0, 0.05) is 64.4 Å². The molecule has 70 heavy (non-hydrogen) atoms. The summed E-state index contributed by atoms with van der Waals surface area (Å²) >= 11 is 0. The Kier molecular flexibility index (Phi) is 22.5. The van der Waals surface area contributed by atoms with Gasteiger partial charge in [0.2, 0.25) is 5.79 Å². The number of tetrazole rings is 1. The molecule has 1 aliphatic carbocycles. The second kappa shape index (κ2) is 27.0. The van der Waals surface area contributed by atoms with Crippen LogP contribution >= 0.6 is 0 Å². The van der Waals surface area contributed by atoms with Crippen molar-refractivity contribution in [2.75, 3.05) is 27.9 Å². The molecule has 16 nitrogen and oxygen atoms in total. The number of aliphatic hydroxyl groups is 1. The molecule has 3 fully saturated rings. The van der Waals surface area contributed by atoms with Gasteiger partial charge in [-0.1, -0.05) is 91.0 Å². The van der Waals surface area contributed by atoms with E-state index in [0.29, 0.717) is 51.4 Å². The van der Waals surface area contributed by atoms with Gasteiger partial charge in [-0.15, -0.1) is 10.2 Å². The maximum Gasteiger partial charge on any atom is 0.329 e. The van der Waals surface area contributed by atoms with Gasteiger partial charge in [-0.3, -0.25) is 19.2 Å². The van der Waals surface area contributed by atoms with Crippen molar-refractivity contribution in [3.05, 3.63) is 53.9 Å². The molecule has 5 rings (SSSR count). The number of cyclic esters (lactones) is 1. The smallest absolute Gasteiger partial charge is 0.329 e. The molecular formula is C54H85N5O11. The molecule has 1 amide bonds. The summed E-state index contributed by atoms with van der Waals surface area (Å²) in [7, 11) is 4.81. The summed E-state index contributed by atoms with van der Waals surface area (Å²) in [6.07, 6.45) is 16.4. The molecule has 1 aromatic rings. The van der Waals surface area contributed by atoms with E-state index in [9.17, 15) is 29.1 Å². The van der Waals surface area contributed by atoms with E-state index in [1.54, 1.807) is 33.0 Å². The third-order valence-electron chi connectivity index (χ3n) is 15.6.